The summed E-state index contributed by atoms with van der Waals surface area (Å²) < 4.78 is 42.5. The molecule has 2 aromatic rings. The summed E-state index contributed by atoms with van der Waals surface area (Å²) in [6.45, 7) is 1.79. The van der Waals surface area contributed by atoms with Gasteiger partial charge in [0, 0.05) is 25.4 Å². The van der Waals surface area contributed by atoms with E-state index in [9.17, 15) is 12.8 Å². The van der Waals surface area contributed by atoms with Crippen LogP contribution >= 0.6 is 0 Å². The predicted octanol–water partition coefficient (Wildman–Crippen LogP) is 1.39. The smallest absolute Gasteiger partial charge is 0.262 e. The number of hydrogen-bond donors (Lipinski definition) is 2. The molecule has 8 heteroatoms. The molecule has 0 unspecified atom stereocenters. The molecule has 0 saturated carbocycles. The molecule has 2 rings (SSSR count). The Balaban J connectivity index is 2.40. The molecule has 0 aliphatic heterocycles. The number of hydrogen-bond acceptors (Lipinski definition) is 4. The van der Waals surface area contributed by atoms with Crippen LogP contribution in [0.2, 0.25) is 0 Å². The molecule has 1 heterocycles. The Hall–Kier alpha value is -1.93. The SMILES string of the molecule is CNCc1cc(S(=O)(=O)Nc2cnn(C)c2)cc(C)c1F. The summed E-state index contributed by atoms with van der Waals surface area (Å²) in [7, 11) is -0.422. The summed E-state index contributed by atoms with van der Waals surface area (Å²) in [6, 6.07) is 2.64. The molecule has 0 aliphatic rings. The molecule has 21 heavy (non-hydrogen) atoms. The molecule has 0 spiro atoms. The highest BCUT2D eigenvalue weighted by Crippen LogP contribution is 2.21. The lowest BCUT2D eigenvalue weighted by Crippen LogP contribution is -2.15. The van der Waals surface area contributed by atoms with Crippen LogP contribution in [0.15, 0.2) is 29.4 Å². The van der Waals surface area contributed by atoms with Gasteiger partial charge in [0.05, 0.1) is 16.8 Å². The van der Waals surface area contributed by atoms with E-state index < -0.39 is 15.8 Å². The van der Waals surface area contributed by atoms with Crippen LogP contribution in [0.5, 0.6) is 0 Å². The maximum atomic E-state index is 13.9. The van der Waals surface area contributed by atoms with Gasteiger partial charge in [0.1, 0.15) is 5.82 Å². The number of anilines is 1. The quantitative estimate of drug-likeness (QED) is 0.875. The predicted molar refractivity (Wildman–Crippen MR) is 77.9 cm³/mol. The van der Waals surface area contributed by atoms with Crippen molar-refractivity contribution in [1.29, 1.82) is 0 Å². The van der Waals surface area contributed by atoms with Crippen LogP contribution in [0.4, 0.5) is 10.1 Å². The van der Waals surface area contributed by atoms with Gasteiger partial charge in [-0.3, -0.25) is 9.40 Å². The fraction of sp³-hybridized carbons (Fsp3) is 0.308. The first-order valence-corrected chi connectivity index (χ1v) is 7.77. The average molecular weight is 312 g/mol. The normalized spacial score (nSPS) is 11.6. The van der Waals surface area contributed by atoms with Crippen molar-refractivity contribution < 1.29 is 12.8 Å². The number of aryl methyl sites for hydroxylation is 2. The second-order valence-corrected chi connectivity index (χ2v) is 6.43. The van der Waals surface area contributed by atoms with Crippen molar-refractivity contribution in [3.05, 3.63) is 41.5 Å². The van der Waals surface area contributed by atoms with E-state index in [1.165, 1.54) is 29.9 Å². The van der Waals surface area contributed by atoms with E-state index >= 15 is 0 Å². The summed E-state index contributed by atoms with van der Waals surface area (Å²) >= 11 is 0. The van der Waals surface area contributed by atoms with Crippen molar-refractivity contribution in [2.45, 2.75) is 18.4 Å². The van der Waals surface area contributed by atoms with Gasteiger partial charge in [-0.1, -0.05) is 0 Å². The van der Waals surface area contributed by atoms with Crippen molar-refractivity contribution in [3.63, 3.8) is 0 Å². The first kappa shape index (κ1) is 15.5. The second-order valence-electron chi connectivity index (χ2n) is 4.75. The first-order valence-electron chi connectivity index (χ1n) is 6.28. The van der Waals surface area contributed by atoms with Crippen LogP contribution in [0.25, 0.3) is 0 Å². The van der Waals surface area contributed by atoms with Gasteiger partial charge in [0.25, 0.3) is 10.0 Å². The van der Waals surface area contributed by atoms with E-state index in [1.54, 1.807) is 20.3 Å². The largest absolute Gasteiger partial charge is 0.316 e. The van der Waals surface area contributed by atoms with E-state index in [0.29, 0.717) is 11.3 Å². The lowest BCUT2D eigenvalue weighted by Gasteiger charge is -2.11. The molecule has 0 atom stereocenters. The van der Waals surface area contributed by atoms with Crippen molar-refractivity contribution in [2.75, 3.05) is 11.8 Å². The van der Waals surface area contributed by atoms with Gasteiger partial charge in [-0.05, 0) is 31.7 Å². The minimum absolute atomic E-state index is 0.0236. The highest BCUT2D eigenvalue weighted by atomic mass is 32.2. The first-order chi connectivity index (χ1) is 9.83. The van der Waals surface area contributed by atoms with Gasteiger partial charge in [0.15, 0.2) is 0 Å². The zero-order valence-corrected chi connectivity index (χ0v) is 12.8. The summed E-state index contributed by atoms with van der Waals surface area (Å²) in [5, 5.41) is 6.71. The van der Waals surface area contributed by atoms with E-state index in [4.69, 9.17) is 0 Å². The fourth-order valence-corrected chi connectivity index (χ4v) is 3.13. The maximum Gasteiger partial charge on any atom is 0.262 e. The van der Waals surface area contributed by atoms with Gasteiger partial charge in [0.2, 0.25) is 0 Å². The minimum atomic E-state index is -3.78. The Kier molecular flexibility index (Phi) is 4.29. The fourth-order valence-electron chi connectivity index (χ4n) is 1.97. The topological polar surface area (TPSA) is 76.0 Å². The van der Waals surface area contributed by atoms with Crippen molar-refractivity contribution >= 4 is 15.7 Å². The number of aromatic nitrogens is 2. The molecule has 6 nitrogen and oxygen atoms in total. The van der Waals surface area contributed by atoms with Crippen molar-refractivity contribution in [3.8, 4) is 0 Å². The van der Waals surface area contributed by atoms with Gasteiger partial charge in [-0.2, -0.15) is 5.10 Å². The molecule has 1 aromatic heterocycles. The molecule has 2 N–H and O–H groups in total. The Labute approximate surface area is 123 Å². The van der Waals surface area contributed by atoms with Gasteiger partial charge in [-0.15, -0.1) is 0 Å². The van der Waals surface area contributed by atoms with E-state index in [2.05, 4.69) is 15.1 Å². The highest BCUT2D eigenvalue weighted by Gasteiger charge is 2.18. The van der Waals surface area contributed by atoms with E-state index in [-0.39, 0.29) is 17.0 Å². The third-order valence-corrected chi connectivity index (χ3v) is 4.30. The molecule has 0 radical (unpaired) electrons. The number of rotatable bonds is 5. The van der Waals surface area contributed by atoms with E-state index in [0.717, 1.165) is 0 Å². The Morgan fingerprint density at radius 3 is 2.67 bits per heavy atom. The third kappa shape index (κ3) is 3.40. The number of benzene rings is 1. The number of sulfonamides is 1. The average Bonchev–Trinajstić information content (AvgIpc) is 2.79. The van der Waals surface area contributed by atoms with Crippen LogP contribution in [0, 0.1) is 12.7 Å². The van der Waals surface area contributed by atoms with Crippen molar-refractivity contribution in [1.82, 2.24) is 15.1 Å². The maximum absolute atomic E-state index is 13.9. The second kappa shape index (κ2) is 5.82. The van der Waals surface area contributed by atoms with Crippen LogP contribution in [-0.2, 0) is 23.6 Å². The molecular weight excluding hydrogens is 295 g/mol. The summed E-state index contributed by atoms with van der Waals surface area (Å²) in [5.41, 5.74) is 0.952. The monoisotopic (exact) mass is 312 g/mol. The zero-order valence-electron chi connectivity index (χ0n) is 12.0. The van der Waals surface area contributed by atoms with Crippen molar-refractivity contribution in [2.24, 2.45) is 7.05 Å². The van der Waals surface area contributed by atoms with Gasteiger partial charge < -0.3 is 5.32 Å². The van der Waals surface area contributed by atoms with Crippen LogP contribution in [0.1, 0.15) is 11.1 Å². The third-order valence-electron chi connectivity index (χ3n) is 2.94. The van der Waals surface area contributed by atoms with Gasteiger partial charge in [-0.25, -0.2) is 12.8 Å². The van der Waals surface area contributed by atoms with E-state index in [1.807, 2.05) is 0 Å². The number of nitrogens with zero attached hydrogens (tertiary/aromatic N) is 2. The molecule has 0 fully saturated rings. The molecule has 0 saturated heterocycles. The number of halogens is 1. The summed E-state index contributed by atoms with van der Waals surface area (Å²) in [6.07, 6.45) is 2.95. The Morgan fingerprint density at radius 1 is 1.38 bits per heavy atom. The zero-order chi connectivity index (χ0) is 15.6. The molecule has 114 valence electrons. The Morgan fingerprint density at radius 2 is 2.10 bits per heavy atom. The molecular formula is C13H17FN4O2S. The summed E-state index contributed by atoms with van der Waals surface area (Å²) in [5.74, 6) is -0.398. The van der Waals surface area contributed by atoms with Crippen LogP contribution < -0.4 is 10.0 Å². The standard InChI is InChI=1S/C13H17FN4O2S/c1-9-4-12(5-10(6-15-2)13(9)14)21(19,20)17-11-7-16-18(3)8-11/h4-5,7-8,15,17H,6H2,1-3H3. The highest BCUT2D eigenvalue weighted by molar-refractivity contribution is 7.92. The minimum Gasteiger partial charge on any atom is -0.316 e. The Bertz CT molecular complexity index is 756. The molecule has 0 bridgehead atoms. The van der Waals surface area contributed by atoms with Crippen LogP contribution in [-0.4, -0.2) is 25.2 Å². The lowest BCUT2D eigenvalue weighted by atomic mass is 10.1. The molecule has 1 aromatic carbocycles. The van der Waals surface area contributed by atoms with Gasteiger partial charge >= 0.3 is 0 Å². The lowest BCUT2D eigenvalue weighted by molar-refractivity contribution is 0.585. The number of nitrogens with one attached hydrogen (secondary N) is 2. The van der Waals surface area contributed by atoms with Crippen LogP contribution in [0.3, 0.4) is 0 Å². The molecule has 0 aliphatic carbocycles. The molecule has 0 amide bonds. The summed E-state index contributed by atoms with van der Waals surface area (Å²) in [4.78, 5) is 0.0236.